The highest BCUT2D eigenvalue weighted by Crippen LogP contribution is 2.22. The second-order valence-electron chi connectivity index (χ2n) is 3.47. The van der Waals surface area contributed by atoms with E-state index in [-0.39, 0.29) is 5.56 Å². The minimum absolute atomic E-state index is 0.148. The van der Waals surface area contributed by atoms with Gasteiger partial charge in [-0.3, -0.25) is 0 Å². The second kappa shape index (κ2) is 3.58. The molecule has 0 fully saturated rings. The topological polar surface area (TPSA) is 43.1 Å². The van der Waals surface area contributed by atoms with E-state index < -0.39 is 11.6 Å². The number of nitrogens with zero attached hydrogens (tertiary/aromatic N) is 4. The van der Waals surface area contributed by atoms with Crippen molar-refractivity contribution in [1.29, 1.82) is 0 Å². The van der Waals surface area contributed by atoms with Gasteiger partial charge in [-0.05, 0) is 18.2 Å². The maximum atomic E-state index is 13.5. The van der Waals surface area contributed by atoms with Crippen LogP contribution in [0.1, 0.15) is 0 Å². The van der Waals surface area contributed by atoms with Gasteiger partial charge in [0.1, 0.15) is 18.0 Å². The van der Waals surface area contributed by atoms with Crippen LogP contribution in [0.15, 0.2) is 36.9 Å². The summed E-state index contributed by atoms with van der Waals surface area (Å²) in [6.07, 6.45) is 4.32. The minimum atomic E-state index is -0.507. The lowest BCUT2D eigenvalue weighted by Crippen LogP contribution is -1.94. The van der Waals surface area contributed by atoms with Crippen LogP contribution in [0, 0.1) is 11.6 Å². The van der Waals surface area contributed by atoms with E-state index in [1.165, 1.54) is 17.0 Å². The van der Waals surface area contributed by atoms with Crippen molar-refractivity contribution in [3.05, 3.63) is 48.6 Å². The fourth-order valence-corrected chi connectivity index (χ4v) is 1.58. The van der Waals surface area contributed by atoms with Crippen molar-refractivity contribution in [2.24, 2.45) is 0 Å². The summed E-state index contributed by atoms with van der Waals surface area (Å²) in [6.45, 7) is 0. The van der Waals surface area contributed by atoms with Gasteiger partial charge in [-0.1, -0.05) is 0 Å². The molecule has 0 radical (unpaired) electrons. The minimum Gasteiger partial charge on any atom is -0.219 e. The third kappa shape index (κ3) is 1.63. The summed E-state index contributed by atoms with van der Waals surface area (Å²) < 4.78 is 28.0. The first-order valence-electron chi connectivity index (χ1n) is 4.85. The summed E-state index contributed by atoms with van der Waals surface area (Å²) in [5.74, 6) is -0.599. The molecule has 6 heteroatoms. The van der Waals surface area contributed by atoms with E-state index in [2.05, 4.69) is 15.1 Å². The van der Waals surface area contributed by atoms with Gasteiger partial charge in [0.05, 0.1) is 0 Å². The number of rotatable bonds is 1. The smallest absolute Gasteiger partial charge is 0.219 e. The molecule has 84 valence electrons. The molecule has 0 N–H and O–H groups in total. The fraction of sp³-hybridized carbons (Fsp3) is 0. The molecule has 0 bridgehead atoms. The van der Waals surface area contributed by atoms with Crippen LogP contribution in [0.2, 0.25) is 0 Å². The molecule has 3 aromatic rings. The Morgan fingerprint density at radius 3 is 2.88 bits per heavy atom. The molecule has 0 aliphatic rings. The Balaban J connectivity index is 2.22. The van der Waals surface area contributed by atoms with Gasteiger partial charge in [0.25, 0.3) is 5.78 Å². The van der Waals surface area contributed by atoms with E-state index in [0.717, 1.165) is 18.2 Å². The highest BCUT2D eigenvalue weighted by Gasteiger charge is 2.08. The normalized spacial score (nSPS) is 10.9. The zero-order valence-electron chi connectivity index (χ0n) is 8.51. The van der Waals surface area contributed by atoms with Crippen LogP contribution in [0.25, 0.3) is 16.9 Å². The Kier molecular flexibility index (Phi) is 2.07. The number of hydrogen-bond donors (Lipinski definition) is 0. The third-order valence-corrected chi connectivity index (χ3v) is 2.37. The van der Waals surface area contributed by atoms with Crippen molar-refractivity contribution in [3.63, 3.8) is 0 Å². The van der Waals surface area contributed by atoms with Gasteiger partial charge in [0, 0.05) is 23.5 Å². The first-order chi connectivity index (χ1) is 8.24. The molecule has 0 aliphatic carbocycles. The lowest BCUT2D eigenvalue weighted by molar-refractivity contribution is 0.603. The molecule has 0 atom stereocenters. The highest BCUT2D eigenvalue weighted by molar-refractivity contribution is 5.63. The quantitative estimate of drug-likeness (QED) is 0.645. The number of benzene rings is 1. The van der Waals surface area contributed by atoms with Gasteiger partial charge in [-0.25, -0.2) is 18.3 Å². The predicted molar refractivity (Wildman–Crippen MR) is 56.1 cm³/mol. The summed E-state index contributed by atoms with van der Waals surface area (Å²) in [5, 5.41) is 3.88. The summed E-state index contributed by atoms with van der Waals surface area (Å²) in [6, 6.07) is 3.27. The predicted octanol–water partition coefficient (Wildman–Crippen LogP) is 2.07. The van der Waals surface area contributed by atoms with Crippen LogP contribution >= 0.6 is 0 Å². The van der Waals surface area contributed by atoms with Gasteiger partial charge in [0.2, 0.25) is 0 Å². The Hall–Kier alpha value is -2.37. The molecule has 17 heavy (non-hydrogen) atoms. The zero-order valence-corrected chi connectivity index (χ0v) is 8.51. The molecular weight excluding hydrogens is 226 g/mol. The Bertz CT molecular complexity index is 693. The van der Waals surface area contributed by atoms with Crippen molar-refractivity contribution in [2.75, 3.05) is 0 Å². The number of aromatic nitrogens is 4. The molecule has 2 heterocycles. The summed E-state index contributed by atoms with van der Waals surface area (Å²) >= 11 is 0. The summed E-state index contributed by atoms with van der Waals surface area (Å²) in [5.41, 5.74) is 0.593. The van der Waals surface area contributed by atoms with E-state index in [1.54, 1.807) is 6.20 Å². The maximum absolute atomic E-state index is 13.5. The Labute approximate surface area is 94.6 Å². The van der Waals surface area contributed by atoms with Crippen LogP contribution in [0.4, 0.5) is 8.78 Å². The van der Waals surface area contributed by atoms with Crippen molar-refractivity contribution in [2.45, 2.75) is 0 Å². The van der Waals surface area contributed by atoms with Gasteiger partial charge in [-0.15, -0.1) is 0 Å². The van der Waals surface area contributed by atoms with E-state index in [9.17, 15) is 8.78 Å². The first kappa shape index (κ1) is 9.83. The number of hydrogen-bond acceptors (Lipinski definition) is 3. The molecule has 0 amide bonds. The zero-order chi connectivity index (χ0) is 11.8. The van der Waals surface area contributed by atoms with Gasteiger partial charge in [-0.2, -0.15) is 10.1 Å². The molecule has 2 aromatic heterocycles. The molecule has 3 rings (SSSR count). The maximum Gasteiger partial charge on any atom is 0.252 e. The van der Waals surface area contributed by atoms with E-state index in [0.29, 0.717) is 11.3 Å². The molecule has 0 spiro atoms. The molecule has 0 saturated carbocycles. The standard InChI is InChI=1S/C11H6F2N4/c12-8-1-2-10(13)9(3-8)7-4-14-11-15-6-16-17(11)5-7/h1-6H. The number of halogens is 2. The largest absolute Gasteiger partial charge is 0.252 e. The molecule has 1 aromatic carbocycles. The summed E-state index contributed by atoms with van der Waals surface area (Å²) in [7, 11) is 0. The lowest BCUT2D eigenvalue weighted by atomic mass is 10.1. The molecule has 4 nitrogen and oxygen atoms in total. The Morgan fingerprint density at radius 2 is 2.00 bits per heavy atom. The van der Waals surface area contributed by atoms with Gasteiger partial charge < -0.3 is 0 Å². The fourth-order valence-electron chi connectivity index (χ4n) is 1.58. The van der Waals surface area contributed by atoms with Crippen LogP contribution < -0.4 is 0 Å². The second-order valence-corrected chi connectivity index (χ2v) is 3.47. The van der Waals surface area contributed by atoms with Crippen LogP contribution in [0.3, 0.4) is 0 Å². The monoisotopic (exact) mass is 232 g/mol. The number of fused-ring (bicyclic) bond motifs is 1. The van der Waals surface area contributed by atoms with E-state index >= 15 is 0 Å². The molecule has 0 unspecified atom stereocenters. The highest BCUT2D eigenvalue weighted by atomic mass is 19.1. The van der Waals surface area contributed by atoms with Gasteiger partial charge in [0.15, 0.2) is 0 Å². The van der Waals surface area contributed by atoms with Crippen LogP contribution in [-0.2, 0) is 0 Å². The molecule has 0 aliphatic heterocycles. The van der Waals surface area contributed by atoms with Crippen molar-refractivity contribution in [1.82, 2.24) is 19.6 Å². The SMILES string of the molecule is Fc1ccc(F)c(-c2cnc3ncnn3c2)c1. The molecule has 0 saturated heterocycles. The first-order valence-corrected chi connectivity index (χ1v) is 4.85. The Morgan fingerprint density at radius 1 is 1.12 bits per heavy atom. The van der Waals surface area contributed by atoms with E-state index in [1.807, 2.05) is 0 Å². The average Bonchev–Trinajstić information content (AvgIpc) is 2.79. The van der Waals surface area contributed by atoms with Crippen molar-refractivity contribution < 1.29 is 8.78 Å². The molecular formula is C11H6F2N4. The average molecular weight is 232 g/mol. The third-order valence-electron chi connectivity index (χ3n) is 2.37. The summed E-state index contributed by atoms with van der Waals surface area (Å²) in [4.78, 5) is 7.85. The lowest BCUT2D eigenvalue weighted by Gasteiger charge is -2.03. The van der Waals surface area contributed by atoms with Crippen molar-refractivity contribution >= 4 is 5.78 Å². The van der Waals surface area contributed by atoms with Crippen molar-refractivity contribution in [3.8, 4) is 11.1 Å². The van der Waals surface area contributed by atoms with Crippen LogP contribution in [-0.4, -0.2) is 19.6 Å². The van der Waals surface area contributed by atoms with E-state index in [4.69, 9.17) is 0 Å². The van der Waals surface area contributed by atoms with Crippen LogP contribution in [0.5, 0.6) is 0 Å². The van der Waals surface area contributed by atoms with Gasteiger partial charge >= 0.3 is 0 Å².